The molecule has 1 heterocycles. The van der Waals surface area contributed by atoms with Gasteiger partial charge in [-0.1, -0.05) is 18.2 Å². The maximum absolute atomic E-state index is 11.7. The molecule has 8 nitrogen and oxygen atoms in total. The number of carbonyl (C=O) groups is 3. The summed E-state index contributed by atoms with van der Waals surface area (Å²) >= 11 is 0. The smallest absolute Gasteiger partial charge is 0.321 e. The zero-order valence-corrected chi connectivity index (χ0v) is 14.3. The minimum Gasteiger partial charge on any atom is -0.496 e. The molecule has 138 valence electrons. The molecule has 8 heteroatoms. The largest absolute Gasteiger partial charge is 0.496 e. The van der Waals surface area contributed by atoms with Crippen molar-refractivity contribution in [1.82, 2.24) is 10.6 Å². The van der Waals surface area contributed by atoms with Crippen LogP contribution in [0.1, 0.15) is 17.7 Å². The molecule has 0 radical (unpaired) electrons. The van der Waals surface area contributed by atoms with Crippen LogP contribution in [0.25, 0.3) is 0 Å². The number of methoxy groups -OCH3 is 1. The number of nitrogens with one attached hydrogen (secondary N) is 2. The number of esters is 1. The minimum absolute atomic E-state index is 0.0956. The highest BCUT2D eigenvalue weighted by Crippen LogP contribution is 2.18. The van der Waals surface area contributed by atoms with Gasteiger partial charge in [0.25, 0.3) is 5.91 Å². The third-order valence-electron chi connectivity index (χ3n) is 3.41. The van der Waals surface area contributed by atoms with E-state index >= 15 is 0 Å². The Hall–Kier alpha value is -3.29. The Bertz CT molecular complexity index is 742. The number of aryl methyl sites for hydroxylation is 1. The van der Waals surface area contributed by atoms with E-state index < -0.39 is 24.5 Å². The molecule has 2 aromatic rings. The van der Waals surface area contributed by atoms with Gasteiger partial charge in [0.1, 0.15) is 11.5 Å². The normalized spacial score (nSPS) is 10.0. The van der Waals surface area contributed by atoms with E-state index in [1.54, 1.807) is 25.3 Å². The number of imide groups is 1. The Morgan fingerprint density at radius 1 is 1.12 bits per heavy atom. The minimum atomic E-state index is -0.715. The van der Waals surface area contributed by atoms with Gasteiger partial charge >= 0.3 is 12.0 Å². The average Bonchev–Trinajstić information content (AvgIpc) is 3.17. The van der Waals surface area contributed by atoms with E-state index in [1.807, 2.05) is 18.2 Å². The molecule has 2 rings (SSSR count). The van der Waals surface area contributed by atoms with Gasteiger partial charge in [0.05, 0.1) is 19.9 Å². The van der Waals surface area contributed by atoms with E-state index in [9.17, 15) is 14.4 Å². The zero-order valence-electron chi connectivity index (χ0n) is 14.3. The lowest BCUT2D eigenvalue weighted by Crippen LogP contribution is -2.41. The van der Waals surface area contributed by atoms with Gasteiger partial charge in [0.15, 0.2) is 6.61 Å². The Kier molecular flexibility index (Phi) is 7.23. The Labute approximate surface area is 150 Å². The lowest BCUT2D eigenvalue weighted by Gasteiger charge is -2.08. The summed E-state index contributed by atoms with van der Waals surface area (Å²) in [6, 6.07) is 10.0. The van der Waals surface area contributed by atoms with E-state index in [0.717, 1.165) is 5.56 Å². The summed E-state index contributed by atoms with van der Waals surface area (Å²) < 4.78 is 15.1. The van der Waals surface area contributed by atoms with Crippen molar-refractivity contribution in [3.8, 4) is 5.75 Å². The lowest BCUT2D eigenvalue weighted by molar-refractivity contribution is -0.148. The maximum Gasteiger partial charge on any atom is 0.321 e. The summed E-state index contributed by atoms with van der Waals surface area (Å²) in [5.41, 5.74) is 0.869. The van der Waals surface area contributed by atoms with Crippen molar-refractivity contribution in [2.24, 2.45) is 0 Å². The fourth-order valence-corrected chi connectivity index (χ4v) is 2.15. The second kappa shape index (κ2) is 9.87. The molecule has 0 unspecified atom stereocenters. The van der Waals surface area contributed by atoms with Crippen LogP contribution in [0, 0.1) is 0 Å². The Morgan fingerprint density at radius 3 is 2.65 bits per heavy atom. The number of furan rings is 1. The molecule has 26 heavy (non-hydrogen) atoms. The molecule has 1 aromatic carbocycles. The summed E-state index contributed by atoms with van der Waals surface area (Å²) in [6.07, 6.45) is 2.00. The van der Waals surface area contributed by atoms with Crippen LogP contribution < -0.4 is 15.4 Å². The molecular formula is C18H20N2O6. The standard InChI is InChI=1S/C18H20N2O6/c1-24-15-7-3-2-5-13(15)8-9-17(22)26-12-16(21)20-18(23)19-11-14-6-4-10-25-14/h2-7,10H,8-9,11-12H2,1H3,(H2,19,20,21,23). The van der Waals surface area contributed by atoms with Crippen LogP contribution in [0.2, 0.25) is 0 Å². The molecule has 0 saturated carbocycles. The lowest BCUT2D eigenvalue weighted by atomic mass is 10.1. The number of hydrogen-bond acceptors (Lipinski definition) is 6. The molecular weight excluding hydrogens is 340 g/mol. The van der Waals surface area contributed by atoms with E-state index in [4.69, 9.17) is 13.9 Å². The summed E-state index contributed by atoms with van der Waals surface area (Å²) in [6.45, 7) is -0.385. The van der Waals surface area contributed by atoms with Gasteiger partial charge in [0, 0.05) is 6.42 Å². The van der Waals surface area contributed by atoms with Crippen LogP contribution in [0.4, 0.5) is 4.79 Å². The van der Waals surface area contributed by atoms with Crippen LogP contribution in [0.15, 0.2) is 47.1 Å². The molecule has 0 fully saturated rings. The fraction of sp³-hybridized carbons (Fsp3) is 0.278. The van der Waals surface area contributed by atoms with Crippen LogP contribution in [-0.2, 0) is 27.3 Å². The van der Waals surface area contributed by atoms with Gasteiger partial charge in [-0.3, -0.25) is 14.9 Å². The highest BCUT2D eigenvalue weighted by Gasteiger charge is 2.12. The fourth-order valence-electron chi connectivity index (χ4n) is 2.15. The van der Waals surface area contributed by atoms with Gasteiger partial charge < -0.3 is 19.2 Å². The van der Waals surface area contributed by atoms with E-state index in [-0.39, 0.29) is 13.0 Å². The van der Waals surface area contributed by atoms with Crippen molar-refractivity contribution in [1.29, 1.82) is 0 Å². The van der Waals surface area contributed by atoms with E-state index in [2.05, 4.69) is 10.6 Å². The number of carbonyl (C=O) groups excluding carboxylic acids is 3. The van der Waals surface area contributed by atoms with Gasteiger partial charge in [-0.2, -0.15) is 0 Å². The average molecular weight is 360 g/mol. The summed E-state index contributed by atoms with van der Waals surface area (Å²) in [4.78, 5) is 34.9. The van der Waals surface area contributed by atoms with Crippen molar-refractivity contribution in [3.05, 3.63) is 54.0 Å². The van der Waals surface area contributed by atoms with Gasteiger partial charge in [-0.05, 0) is 30.2 Å². The molecule has 0 atom stereocenters. The predicted molar refractivity (Wildman–Crippen MR) is 91.4 cm³/mol. The summed E-state index contributed by atoms with van der Waals surface area (Å²) in [7, 11) is 1.55. The third kappa shape index (κ3) is 6.31. The number of rotatable bonds is 8. The number of amides is 3. The Balaban J connectivity index is 1.64. The van der Waals surface area contributed by atoms with Crippen molar-refractivity contribution < 1.29 is 28.3 Å². The second-order valence-electron chi connectivity index (χ2n) is 5.28. The molecule has 0 spiro atoms. The van der Waals surface area contributed by atoms with Crippen LogP contribution in [-0.4, -0.2) is 31.6 Å². The van der Waals surface area contributed by atoms with Crippen LogP contribution in [0.3, 0.4) is 0 Å². The Morgan fingerprint density at radius 2 is 1.92 bits per heavy atom. The molecule has 0 aliphatic heterocycles. The SMILES string of the molecule is COc1ccccc1CCC(=O)OCC(=O)NC(=O)NCc1ccco1. The number of ether oxygens (including phenoxy) is 2. The number of urea groups is 1. The highest BCUT2D eigenvalue weighted by molar-refractivity contribution is 5.95. The van der Waals surface area contributed by atoms with E-state index in [0.29, 0.717) is 17.9 Å². The predicted octanol–water partition coefficient (Wildman–Crippen LogP) is 1.79. The molecule has 3 amide bonds. The van der Waals surface area contributed by atoms with Crippen molar-refractivity contribution in [3.63, 3.8) is 0 Å². The van der Waals surface area contributed by atoms with Crippen LogP contribution >= 0.6 is 0 Å². The number of hydrogen-bond donors (Lipinski definition) is 2. The third-order valence-corrected chi connectivity index (χ3v) is 3.41. The highest BCUT2D eigenvalue weighted by atomic mass is 16.5. The first-order chi connectivity index (χ1) is 12.6. The molecule has 0 bridgehead atoms. The first-order valence-electron chi connectivity index (χ1n) is 7.96. The summed E-state index contributed by atoms with van der Waals surface area (Å²) in [5, 5.41) is 4.51. The second-order valence-corrected chi connectivity index (χ2v) is 5.28. The van der Waals surface area contributed by atoms with Crippen molar-refractivity contribution >= 4 is 17.9 Å². The molecule has 0 saturated heterocycles. The number of benzene rings is 1. The van der Waals surface area contributed by atoms with Crippen molar-refractivity contribution in [2.45, 2.75) is 19.4 Å². The maximum atomic E-state index is 11.7. The summed E-state index contributed by atoms with van der Waals surface area (Å²) in [5.74, 6) is -0.0173. The van der Waals surface area contributed by atoms with Gasteiger partial charge in [-0.25, -0.2) is 4.79 Å². The molecule has 1 aromatic heterocycles. The van der Waals surface area contributed by atoms with E-state index in [1.165, 1.54) is 6.26 Å². The molecule has 0 aliphatic rings. The first-order valence-corrected chi connectivity index (χ1v) is 7.96. The zero-order chi connectivity index (χ0) is 18.8. The molecule has 0 aliphatic carbocycles. The monoisotopic (exact) mass is 360 g/mol. The molecule has 2 N–H and O–H groups in total. The number of para-hydroxylation sites is 1. The van der Waals surface area contributed by atoms with Gasteiger partial charge in [-0.15, -0.1) is 0 Å². The van der Waals surface area contributed by atoms with Gasteiger partial charge in [0.2, 0.25) is 0 Å². The first kappa shape index (κ1) is 19.0. The quantitative estimate of drug-likeness (QED) is 0.695. The van der Waals surface area contributed by atoms with Crippen molar-refractivity contribution in [2.75, 3.05) is 13.7 Å². The topological polar surface area (TPSA) is 107 Å². The van der Waals surface area contributed by atoms with Crippen LogP contribution in [0.5, 0.6) is 5.75 Å².